The zero-order chi connectivity index (χ0) is 13.3. The molecule has 1 aliphatic carbocycles. The van der Waals surface area contributed by atoms with Gasteiger partial charge in [0.2, 0.25) is 0 Å². The normalized spacial score (nSPS) is 37.1. The smallest absolute Gasteiger partial charge is 0.0329 e. The lowest BCUT2D eigenvalue weighted by molar-refractivity contribution is 0.151. The fraction of sp³-hybridized carbons (Fsp3) is 1.00. The van der Waals surface area contributed by atoms with E-state index < -0.39 is 0 Å². The number of hydrogen-bond acceptors (Lipinski definition) is 0. The summed E-state index contributed by atoms with van der Waals surface area (Å²) in [6, 6.07) is 0. The molecule has 0 heterocycles. The van der Waals surface area contributed by atoms with Crippen LogP contribution in [0.1, 0.15) is 61.8 Å². The Kier molecular flexibility index (Phi) is 5.10. The molecule has 0 amide bonds. The molecule has 0 N–H and O–H groups in total. The van der Waals surface area contributed by atoms with E-state index in [1.165, 1.54) is 6.42 Å². The average molecular weight is 238 g/mol. The molecule has 0 aromatic rings. The largest absolute Gasteiger partial charge is 0.0651 e. The first-order valence-corrected chi connectivity index (χ1v) is 7.82. The molecule has 7 atom stereocenters. The first kappa shape index (κ1) is 15.1. The van der Waals surface area contributed by atoms with E-state index in [0.29, 0.717) is 0 Å². The molecule has 0 bridgehead atoms. The Bertz CT molecular complexity index is 224. The van der Waals surface area contributed by atoms with E-state index in [0.717, 1.165) is 47.3 Å². The van der Waals surface area contributed by atoms with Crippen LogP contribution in [0.2, 0.25) is 0 Å². The predicted molar refractivity (Wildman–Crippen MR) is 77.9 cm³/mol. The van der Waals surface area contributed by atoms with E-state index in [1.807, 2.05) is 0 Å². The van der Waals surface area contributed by atoms with Gasteiger partial charge in [0.15, 0.2) is 0 Å². The maximum absolute atomic E-state index is 2.50. The first-order chi connectivity index (χ1) is 7.82. The summed E-state index contributed by atoms with van der Waals surface area (Å²) in [5.74, 6) is 7.31. The second-order valence-electron chi connectivity index (χ2n) is 7.12. The summed E-state index contributed by atoms with van der Waals surface area (Å²) in [5.41, 5.74) is 0. The summed E-state index contributed by atoms with van der Waals surface area (Å²) in [6.07, 6.45) is 1.32. The van der Waals surface area contributed by atoms with Crippen molar-refractivity contribution in [3.63, 3.8) is 0 Å². The van der Waals surface area contributed by atoms with Gasteiger partial charge in [0.25, 0.3) is 0 Å². The minimum Gasteiger partial charge on any atom is -0.0651 e. The highest BCUT2D eigenvalue weighted by molar-refractivity contribution is 4.96. The van der Waals surface area contributed by atoms with Crippen LogP contribution in [0.25, 0.3) is 0 Å². The Balaban J connectivity index is 2.54. The van der Waals surface area contributed by atoms with Crippen LogP contribution in [0.5, 0.6) is 0 Å². The first-order valence-electron chi connectivity index (χ1n) is 7.82. The van der Waals surface area contributed by atoms with Gasteiger partial charge in [-0.25, -0.2) is 0 Å². The Morgan fingerprint density at radius 1 is 0.765 bits per heavy atom. The zero-order valence-electron chi connectivity index (χ0n) is 13.3. The van der Waals surface area contributed by atoms with Crippen molar-refractivity contribution < 1.29 is 0 Å². The Hall–Kier alpha value is 0. The van der Waals surface area contributed by atoms with Crippen LogP contribution in [0.15, 0.2) is 0 Å². The summed E-state index contributed by atoms with van der Waals surface area (Å²) in [6.45, 7) is 19.5. The third-order valence-corrected chi connectivity index (χ3v) is 6.54. The Labute approximate surface area is 110 Å². The molecule has 0 radical (unpaired) electrons. The van der Waals surface area contributed by atoms with E-state index in [4.69, 9.17) is 0 Å². The van der Waals surface area contributed by atoms with Crippen LogP contribution in [-0.2, 0) is 0 Å². The fourth-order valence-corrected chi connectivity index (χ4v) is 3.86. The van der Waals surface area contributed by atoms with Gasteiger partial charge in [-0.2, -0.15) is 0 Å². The van der Waals surface area contributed by atoms with Gasteiger partial charge in [-0.3, -0.25) is 0 Å². The molecular formula is C17H34. The van der Waals surface area contributed by atoms with Gasteiger partial charge in [0, 0.05) is 0 Å². The zero-order valence-corrected chi connectivity index (χ0v) is 13.3. The van der Waals surface area contributed by atoms with Crippen LogP contribution in [0, 0.1) is 47.3 Å². The van der Waals surface area contributed by atoms with Gasteiger partial charge in [0.05, 0.1) is 0 Å². The molecule has 102 valence electrons. The van der Waals surface area contributed by atoms with Crippen molar-refractivity contribution in [2.24, 2.45) is 47.3 Å². The lowest BCUT2D eigenvalue weighted by Gasteiger charge is -2.34. The molecule has 0 heteroatoms. The number of hydrogen-bond donors (Lipinski definition) is 0. The monoisotopic (exact) mass is 238 g/mol. The van der Waals surface area contributed by atoms with Crippen LogP contribution < -0.4 is 0 Å². The van der Waals surface area contributed by atoms with E-state index in [9.17, 15) is 0 Å². The molecule has 17 heavy (non-hydrogen) atoms. The van der Waals surface area contributed by atoms with E-state index in [1.54, 1.807) is 0 Å². The van der Waals surface area contributed by atoms with Crippen molar-refractivity contribution in [1.82, 2.24) is 0 Å². The molecule has 1 rings (SSSR count). The van der Waals surface area contributed by atoms with Crippen LogP contribution in [0.3, 0.4) is 0 Å². The summed E-state index contributed by atoms with van der Waals surface area (Å²) in [4.78, 5) is 0. The maximum atomic E-state index is 2.50. The van der Waals surface area contributed by atoms with Gasteiger partial charge in [-0.15, -0.1) is 0 Å². The van der Waals surface area contributed by atoms with Crippen molar-refractivity contribution in [3.8, 4) is 0 Å². The summed E-state index contributed by atoms with van der Waals surface area (Å²) < 4.78 is 0. The van der Waals surface area contributed by atoms with Gasteiger partial charge in [-0.05, 0) is 47.3 Å². The molecule has 7 unspecified atom stereocenters. The highest BCUT2D eigenvalue weighted by Gasteiger charge is 2.48. The van der Waals surface area contributed by atoms with Crippen molar-refractivity contribution in [2.75, 3.05) is 0 Å². The van der Waals surface area contributed by atoms with E-state index in [-0.39, 0.29) is 0 Å². The van der Waals surface area contributed by atoms with Gasteiger partial charge >= 0.3 is 0 Å². The standard InChI is InChI=1S/C17H34/c1-9-10(2)11(3)12(4)13(5)14(6)17-15(7)16(17)8/h10-17H,9H2,1-8H3. The second-order valence-corrected chi connectivity index (χ2v) is 7.12. The van der Waals surface area contributed by atoms with E-state index in [2.05, 4.69) is 55.4 Å². The second kappa shape index (κ2) is 5.76. The molecule has 0 saturated heterocycles. The molecule has 1 saturated carbocycles. The average Bonchev–Trinajstić information content (AvgIpc) is 2.92. The molecule has 1 aliphatic rings. The van der Waals surface area contributed by atoms with Crippen LogP contribution in [0.4, 0.5) is 0 Å². The molecule has 0 aliphatic heterocycles. The third-order valence-electron chi connectivity index (χ3n) is 6.54. The van der Waals surface area contributed by atoms with E-state index >= 15 is 0 Å². The van der Waals surface area contributed by atoms with Crippen LogP contribution in [-0.4, -0.2) is 0 Å². The predicted octanol–water partition coefficient (Wildman–Crippen LogP) is 5.48. The molecule has 0 aromatic heterocycles. The summed E-state index contributed by atoms with van der Waals surface area (Å²) in [7, 11) is 0. The molecule has 0 nitrogen and oxygen atoms in total. The Morgan fingerprint density at radius 3 is 1.59 bits per heavy atom. The van der Waals surface area contributed by atoms with Gasteiger partial charge < -0.3 is 0 Å². The minimum atomic E-state index is 0.861. The molecular weight excluding hydrogens is 204 g/mol. The maximum Gasteiger partial charge on any atom is -0.0329 e. The van der Waals surface area contributed by atoms with Crippen molar-refractivity contribution in [3.05, 3.63) is 0 Å². The van der Waals surface area contributed by atoms with Crippen molar-refractivity contribution in [1.29, 1.82) is 0 Å². The molecule has 0 aromatic carbocycles. The van der Waals surface area contributed by atoms with Crippen molar-refractivity contribution >= 4 is 0 Å². The SMILES string of the molecule is CCC(C)C(C)C(C)C(C)C(C)C1C(C)C1C. The van der Waals surface area contributed by atoms with Crippen molar-refractivity contribution in [2.45, 2.75) is 61.8 Å². The lowest BCUT2D eigenvalue weighted by atomic mass is 9.72. The quantitative estimate of drug-likeness (QED) is 0.575. The number of rotatable bonds is 6. The van der Waals surface area contributed by atoms with Gasteiger partial charge in [0.1, 0.15) is 0 Å². The third kappa shape index (κ3) is 3.06. The topological polar surface area (TPSA) is 0 Å². The minimum absolute atomic E-state index is 0.861. The van der Waals surface area contributed by atoms with Crippen LogP contribution >= 0.6 is 0 Å². The summed E-state index contributed by atoms with van der Waals surface area (Å²) in [5, 5.41) is 0. The molecule has 0 spiro atoms. The lowest BCUT2D eigenvalue weighted by Crippen LogP contribution is -2.27. The highest BCUT2D eigenvalue weighted by atomic mass is 14.5. The van der Waals surface area contributed by atoms with Gasteiger partial charge in [-0.1, -0.05) is 61.8 Å². The highest BCUT2D eigenvalue weighted by Crippen LogP contribution is 2.53. The summed E-state index contributed by atoms with van der Waals surface area (Å²) >= 11 is 0. The molecule has 1 fully saturated rings. The fourth-order valence-electron chi connectivity index (χ4n) is 3.86. The Morgan fingerprint density at radius 2 is 1.24 bits per heavy atom.